The van der Waals surface area contributed by atoms with Crippen LogP contribution in [-0.2, 0) is 28.9 Å². The molecule has 1 aliphatic rings. The maximum absolute atomic E-state index is 13.2. The number of likely N-dealkylation sites (N-methyl/N-ethyl adjacent to an activating group) is 1. The second-order valence-corrected chi connectivity index (χ2v) is 6.63. The minimum atomic E-state index is -0.253. The van der Waals surface area contributed by atoms with Gasteiger partial charge in [-0.3, -0.25) is 9.69 Å². The third kappa shape index (κ3) is 4.28. The van der Waals surface area contributed by atoms with E-state index < -0.39 is 0 Å². The first-order chi connectivity index (χ1) is 12.6. The van der Waals surface area contributed by atoms with Crippen LogP contribution < -0.4 is 5.32 Å². The van der Waals surface area contributed by atoms with Crippen LogP contribution in [0.5, 0.6) is 0 Å². The molecule has 3 rings (SSSR count). The molecule has 1 amide bonds. The number of carbonyl (C=O) groups excluding carboxylic acids is 1. The van der Waals surface area contributed by atoms with E-state index in [9.17, 15) is 9.18 Å². The summed E-state index contributed by atoms with van der Waals surface area (Å²) in [6.07, 6.45) is 3.07. The topological polar surface area (TPSA) is 59.4 Å². The molecule has 140 valence electrons. The van der Waals surface area contributed by atoms with Gasteiger partial charge in [0.05, 0.1) is 24.5 Å². The molecule has 0 aliphatic heterocycles. The maximum atomic E-state index is 13.2. The Balaban J connectivity index is 1.70. The molecule has 2 aromatic rings. The lowest BCUT2D eigenvalue weighted by molar-refractivity contribution is -0.122. The third-order valence-corrected chi connectivity index (χ3v) is 4.55. The van der Waals surface area contributed by atoms with Crippen molar-refractivity contribution >= 4 is 5.91 Å². The summed E-state index contributed by atoms with van der Waals surface area (Å²) in [5.41, 5.74) is 4.33. The van der Waals surface area contributed by atoms with Crippen molar-refractivity contribution in [1.82, 2.24) is 20.0 Å². The first kappa shape index (κ1) is 18.5. The fraction of sp³-hybridized carbons (Fsp3) is 0.474. The Kier molecular flexibility index (Phi) is 6.00. The first-order valence-electron chi connectivity index (χ1n) is 8.88. The summed E-state index contributed by atoms with van der Waals surface area (Å²) in [5.74, 6) is -0.281. The lowest BCUT2D eigenvalue weighted by Crippen LogP contribution is -2.36. The molecule has 26 heavy (non-hydrogen) atoms. The number of hydrogen-bond donors (Lipinski definition) is 1. The van der Waals surface area contributed by atoms with Gasteiger partial charge in [-0.15, -0.1) is 0 Å². The van der Waals surface area contributed by atoms with Crippen molar-refractivity contribution in [3.63, 3.8) is 0 Å². The van der Waals surface area contributed by atoms with Crippen LogP contribution in [-0.4, -0.2) is 54.4 Å². The van der Waals surface area contributed by atoms with E-state index in [1.807, 2.05) is 16.6 Å². The zero-order valence-corrected chi connectivity index (χ0v) is 15.3. The minimum absolute atomic E-state index is 0.0286. The standard InChI is InChI=1S/C19H25FN4O2/c1-23(13-19(25)21-10-11-26-2)12-17-16-4-3-5-18(16)24(22-17)15-8-6-14(20)7-9-15/h6-9H,3-5,10-13H2,1-2H3,(H,21,25). The highest BCUT2D eigenvalue weighted by molar-refractivity contribution is 5.77. The van der Waals surface area contributed by atoms with Crippen molar-refractivity contribution in [1.29, 1.82) is 0 Å². The molecule has 1 aliphatic carbocycles. The van der Waals surface area contributed by atoms with E-state index in [4.69, 9.17) is 9.84 Å². The molecule has 1 N–H and O–H groups in total. The Labute approximate surface area is 152 Å². The molecule has 1 heterocycles. The van der Waals surface area contributed by atoms with Gasteiger partial charge in [-0.1, -0.05) is 0 Å². The Morgan fingerprint density at radius 3 is 2.85 bits per heavy atom. The molecule has 0 unspecified atom stereocenters. The van der Waals surface area contributed by atoms with Gasteiger partial charge in [-0.25, -0.2) is 9.07 Å². The summed E-state index contributed by atoms with van der Waals surface area (Å²) < 4.78 is 20.1. The van der Waals surface area contributed by atoms with Gasteiger partial charge in [-0.05, 0) is 56.1 Å². The number of fused-ring (bicyclic) bond motifs is 1. The van der Waals surface area contributed by atoms with Crippen LogP contribution in [0.15, 0.2) is 24.3 Å². The zero-order chi connectivity index (χ0) is 18.5. The van der Waals surface area contributed by atoms with Gasteiger partial charge >= 0.3 is 0 Å². The number of methoxy groups -OCH3 is 1. The number of halogens is 1. The fourth-order valence-corrected chi connectivity index (χ4v) is 3.34. The molecular formula is C19H25FN4O2. The zero-order valence-electron chi connectivity index (χ0n) is 15.3. The molecule has 0 radical (unpaired) electrons. The quantitative estimate of drug-likeness (QED) is 0.728. The van der Waals surface area contributed by atoms with Crippen molar-refractivity contribution in [2.45, 2.75) is 25.8 Å². The largest absolute Gasteiger partial charge is 0.383 e. The van der Waals surface area contributed by atoms with Crippen molar-refractivity contribution in [3.8, 4) is 5.69 Å². The van der Waals surface area contributed by atoms with Gasteiger partial charge in [0.1, 0.15) is 5.82 Å². The monoisotopic (exact) mass is 360 g/mol. The van der Waals surface area contributed by atoms with E-state index >= 15 is 0 Å². The van der Waals surface area contributed by atoms with E-state index in [2.05, 4.69) is 5.32 Å². The summed E-state index contributed by atoms with van der Waals surface area (Å²) in [6.45, 7) is 1.93. The molecule has 6 nitrogen and oxygen atoms in total. The minimum Gasteiger partial charge on any atom is -0.383 e. The summed E-state index contributed by atoms with van der Waals surface area (Å²) in [5, 5.41) is 7.58. The van der Waals surface area contributed by atoms with Crippen molar-refractivity contribution in [3.05, 3.63) is 47.0 Å². The van der Waals surface area contributed by atoms with E-state index in [0.29, 0.717) is 26.2 Å². The number of hydrogen-bond acceptors (Lipinski definition) is 4. The summed E-state index contributed by atoms with van der Waals surface area (Å²) in [6, 6.07) is 6.40. The first-order valence-corrected chi connectivity index (χ1v) is 8.88. The van der Waals surface area contributed by atoms with Crippen molar-refractivity contribution in [2.24, 2.45) is 0 Å². The predicted molar refractivity (Wildman–Crippen MR) is 96.8 cm³/mol. The maximum Gasteiger partial charge on any atom is 0.234 e. The van der Waals surface area contributed by atoms with Gasteiger partial charge in [0, 0.05) is 25.9 Å². The molecule has 7 heteroatoms. The molecule has 0 fully saturated rings. The van der Waals surface area contributed by atoms with E-state index in [1.165, 1.54) is 23.4 Å². The molecule has 1 aromatic carbocycles. The smallest absolute Gasteiger partial charge is 0.234 e. The van der Waals surface area contributed by atoms with Crippen LogP contribution in [0.3, 0.4) is 0 Å². The van der Waals surface area contributed by atoms with Crippen LogP contribution in [0, 0.1) is 5.82 Å². The van der Waals surface area contributed by atoms with Gasteiger partial charge in [-0.2, -0.15) is 5.10 Å². The number of rotatable bonds is 8. The van der Waals surface area contributed by atoms with Gasteiger partial charge in [0.25, 0.3) is 0 Å². The number of benzene rings is 1. The average molecular weight is 360 g/mol. The van der Waals surface area contributed by atoms with Gasteiger partial charge < -0.3 is 10.1 Å². The predicted octanol–water partition coefficient (Wildman–Crippen LogP) is 1.69. The van der Waals surface area contributed by atoms with Crippen LogP contribution in [0.2, 0.25) is 0 Å². The fourth-order valence-electron chi connectivity index (χ4n) is 3.34. The lowest BCUT2D eigenvalue weighted by atomic mass is 10.2. The SMILES string of the molecule is COCCNC(=O)CN(C)Cc1nn(-c2ccc(F)cc2)c2c1CCC2. The molecule has 0 spiro atoms. The Bertz CT molecular complexity index is 758. The average Bonchev–Trinajstić information content (AvgIpc) is 3.20. The normalized spacial score (nSPS) is 13.2. The van der Waals surface area contributed by atoms with E-state index in [0.717, 1.165) is 30.6 Å². The van der Waals surface area contributed by atoms with Gasteiger partial charge in [0.15, 0.2) is 0 Å². The van der Waals surface area contributed by atoms with Crippen LogP contribution in [0.4, 0.5) is 4.39 Å². The number of nitrogens with one attached hydrogen (secondary N) is 1. The van der Waals surface area contributed by atoms with Crippen LogP contribution >= 0.6 is 0 Å². The highest BCUT2D eigenvalue weighted by Crippen LogP contribution is 2.28. The number of ether oxygens (including phenoxy) is 1. The van der Waals surface area contributed by atoms with E-state index in [-0.39, 0.29) is 11.7 Å². The summed E-state index contributed by atoms with van der Waals surface area (Å²) >= 11 is 0. The summed E-state index contributed by atoms with van der Waals surface area (Å²) in [4.78, 5) is 13.9. The Morgan fingerprint density at radius 2 is 2.12 bits per heavy atom. The molecule has 0 bridgehead atoms. The van der Waals surface area contributed by atoms with Crippen LogP contribution in [0.25, 0.3) is 5.69 Å². The molecule has 1 aromatic heterocycles. The van der Waals surface area contributed by atoms with E-state index in [1.54, 1.807) is 19.2 Å². The summed E-state index contributed by atoms with van der Waals surface area (Å²) in [7, 11) is 3.52. The second kappa shape index (κ2) is 8.42. The number of nitrogens with zero attached hydrogens (tertiary/aromatic N) is 3. The lowest BCUT2D eigenvalue weighted by Gasteiger charge is -2.15. The van der Waals surface area contributed by atoms with Crippen molar-refractivity contribution < 1.29 is 13.9 Å². The Hall–Kier alpha value is -2.25. The highest BCUT2D eigenvalue weighted by atomic mass is 19.1. The number of carbonyl (C=O) groups is 1. The number of amides is 1. The molecule has 0 saturated heterocycles. The van der Waals surface area contributed by atoms with Crippen LogP contribution in [0.1, 0.15) is 23.4 Å². The molecular weight excluding hydrogens is 335 g/mol. The molecule has 0 saturated carbocycles. The van der Waals surface area contributed by atoms with Crippen molar-refractivity contribution in [2.75, 3.05) is 33.9 Å². The third-order valence-electron chi connectivity index (χ3n) is 4.55. The second-order valence-electron chi connectivity index (χ2n) is 6.63. The highest BCUT2D eigenvalue weighted by Gasteiger charge is 2.24. The Morgan fingerprint density at radius 1 is 1.35 bits per heavy atom. The van der Waals surface area contributed by atoms with Gasteiger partial charge in [0.2, 0.25) is 5.91 Å². The number of aromatic nitrogens is 2. The molecule has 0 atom stereocenters.